The molecule has 0 spiro atoms. The van der Waals surface area contributed by atoms with Gasteiger partial charge in [0, 0.05) is 12.3 Å². The molecule has 0 saturated heterocycles. The number of esters is 1. The van der Waals surface area contributed by atoms with Crippen LogP contribution in [0.2, 0.25) is 0 Å². The van der Waals surface area contributed by atoms with Crippen molar-refractivity contribution in [3.8, 4) is 11.5 Å². The molecule has 11 nitrogen and oxygen atoms in total. The Morgan fingerprint density at radius 1 is 0.795 bits per heavy atom. The number of carboxylic acid groups (broad SMARTS) is 1. The van der Waals surface area contributed by atoms with Gasteiger partial charge in [0.15, 0.2) is 11.5 Å². The molecule has 3 N–H and O–H groups in total. The van der Waals surface area contributed by atoms with Crippen molar-refractivity contribution in [2.24, 2.45) is 5.73 Å². The third-order valence-electron chi connectivity index (χ3n) is 5.86. The Hall–Kier alpha value is -3.34. The van der Waals surface area contributed by atoms with E-state index in [2.05, 4.69) is 0 Å². The van der Waals surface area contributed by atoms with Gasteiger partial charge in [-0.05, 0) is 64.2 Å². The Balaban J connectivity index is 3.33. The standard InChI is InChI=1S/C28H43NO10/c1-7-10-17(4)36-27(33)38-22-14-13-20(16-23(22)39-28(34)37-18(5)11-8-2)21(25(29)26(31)32)15-19(6)35-24(30)12-9-3/h13-14,16-19,21,25H,7-12,15,29H2,1-6H3,(H,31,32)/t17?,18?,19?,21?,25-/m0/s1. The minimum absolute atomic E-state index is 0.0805. The monoisotopic (exact) mass is 553 g/mol. The van der Waals surface area contributed by atoms with Crippen LogP contribution < -0.4 is 15.2 Å². The van der Waals surface area contributed by atoms with E-state index in [1.807, 2.05) is 20.8 Å². The topological polar surface area (TPSA) is 161 Å². The molecule has 0 aliphatic carbocycles. The highest BCUT2D eigenvalue weighted by Gasteiger charge is 2.30. The molecule has 1 aromatic rings. The zero-order chi connectivity index (χ0) is 29.5. The maximum Gasteiger partial charge on any atom is 0.514 e. The number of ether oxygens (including phenoxy) is 5. The second-order valence-corrected chi connectivity index (χ2v) is 9.60. The van der Waals surface area contributed by atoms with Gasteiger partial charge in [-0.3, -0.25) is 9.59 Å². The number of benzene rings is 1. The number of rotatable bonds is 16. The maximum absolute atomic E-state index is 12.5. The van der Waals surface area contributed by atoms with E-state index in [-0.39, 0.29) is 30.4 Å². The summed E-state index contributed by atoms with van der Waals surface area (Å²) < 4.78 is 26.6. The molecule has 1 rings (SSSR count). The number of aliphatic carboxylic acids is 1. The minimum Gasteiger partial charge on any atom is -0.480 e. The fourth-order valence-corrected chi connectivity index (χ4v) is 3.96. The second kappa shape index (κ2) is 17.3. The first-order chi connectivity index (χ1) is 18.4. The van der Waals surface area contributed by atoms with Gasteiger partial charge in [-0.2, -0.15) is 0 Å². The Labute approximate surface area is 230 Å². The molecule has 0 fully saturated rings. The van der Waals surface area contributed by atoms with Crippen LogP contribution in [0.3, 0.4) is 0 Å². The lowest BCUT2D eigenvalue weighted by molar-refractivity contribution is -0.148. The van der Waals surface area contributed by atoms with Crippen LogP contribution >= 0.6 is 0 Å². The average molecular weight is 554 g/mol. The summed E-state index contributed by atoms with van der Waals surface area (Å²) in [5.41, 5.74) is 6.37. The van der Waals surface area contributed by atoms with Gasteiger partial charge in [0.2, 0.25) is 0 Å². The van der Waals surface area contributed by atoms with Crippen molar-refractivity contribution in [2.75, 3.05) is 0 Å². The van der Waals surface area contributed by atoms with E-state index in [4.69, 9.17) is 29.4 Å². The van der Waals surface area contributed by atoms with Crippen molar-refractivity contribution in [3.63, 3.8) is 0 Å². The number of carboxylic acids is 1. The number of hydrogen-bond acceptors (Lipinski definition) is 10. The average Bonchev–Trinajstić information content (AvgIpc) is 2.83. The van der Waals surface area contributed by atoms with Crippen molar-refractivity contribution < 1.29 is 48.0 Å². The molecule has 0 aromatic heterocycles. The predicted molar refractivity (Wildman–Crippen MR) is 143 cm³/mol. The van der Waals surface area contributed by atoms with Gasteiger partial charge < -0.3 is 34.5 Å². The van der Waals surface area contributed by atoms with Gasteiger partial charge in [0.25, 0.3) is 0 Å². The van der Waals surface area contributed by atoms with Gasteiger partial charge in [-0.25, -0.2) is 9.59 Å². The smallest absolute Gasteiger partial charge is 0.480 e. The van der Waals surface area contributed by atoms with Crippen molar-refractivity contribution >= 4 is 24.2 Å². The van der Waals surface area contributed by atoms with E-state index in [0.29, 0.717) is 24.8 Å². The summed E-state index contributed by atoms with van der Waals surface area (Å²) in [5, 5.41) is 9.63. The van der Waals surface area contributed by atoms with E-state index < -0.39 is 48.4 Å². The van der Waals surface area contributed by atoms with Crippen LogP contribution in [0, 0.1) is 0 Å². The highest BCUT2D eigenvalue weighted by molar-refractivity contribution is 5.75. The number of carbonyl (C=O) groups is 4. The Kier molecular flexibility index (Phi) is 14.9. The molecule has 39 heavy (non-hydrogen) atoms. The summed E-state index contributed by atoms with van der Waals surface area (Å²) >= 11 is 0. The first-order valence-electron chi connectivity index (χ1n) is 13.5. The molecule has 0 heterocycles. The SMILES string of the molecule is CCCC(=O)OC(C)CC(c1ccc(OC(=O)OC(C)CCC)c(OC(=O)OC(C)CCC)c1)[C@H](N)C(=O)O. The molecular weight excluding hydrogens is 510 g/mol. The maximum atomic E-state index is 12.5. The molecule has 11 heteroatoms. The fraction of sp³-hybridized carbons (Fsp3) is 0.643. The first-order valence-corrected chi connectivity index (χ1v) is 13.5. The van der Waals surface area contributed by atoms with Crippen LogP contribution in [-0.2, 0) is 23.8 Å². The van der Waals surface area contributed by atoms with Gasteiger partial charge in [-0.15, -0.1) is 0 Å². The van der Waals surface area contributed by atoms with E-state index in [9.17, 15) is 24.3 Å². The van der Waals surface area contributed by atoms with Gasteiger partial charge in [0.05, 0.1) is 6.10 Å². The van der Waals surface area contributed by atoms with Crippen molar-refractivity contribution in [3.05, 3.63) is 23.8 Å². The summed E-state index contributed by atoms with van der Waals surface area (Å²) in [4.78, 5) is 48.6. The van der Waals surface area contributed by atoms with Crippen molar-refractivity contribution in [1.82, 2.24) is 0 Å². The molecular formula is C28H43NO10. The predicted octanol–water partition coefficient (Wildman–Crippen LogP) is 5.71. The normalized spacial score (nSPS) is 14.7. The molecule has 220 valence electrons. The van der Waals surface area contributed by atoms with E-state index in [1.165, 1.54) is 18.2 Å². The molecule has 0 aliphatic rings. The third kappa shape index (κ3) is 12.4. The molecule has 0 bridgehead atoms. The van der Waals surface area contributed by atoms with E-state index >= 15 is 0 Å². The quantitative estimate of drug-likeness (QED) is 0.146. The van der Waals surface area contributed by atoms with Crippen molar-refractivity contribution in [1.29, 1.82) is 0 Å². The largest absolute Gasteiger partial charge is 0.514 e. The lowest BCUT2D eigenvalue weighted by Gasteiger charge is -2.25. The van der Waals surface area contributed by atoms with E-state index in [1.54, 1.807) is 20.8 Å². The molecule has 1 aromatic carbocycles. The molecule has 0 amide bonds. The van der Waals surface area contributed by atoms with Crippen molar-refractivity contribution in [2.45, 2.75) is 117 Å². The lowest BCUT2D eigenvalue weighted by atomic mass is 9.87. The van der Waals surface area contributed by atoms with Gasteiger partial charge in [-0.1, -0.05) is 39.7 Å². The van der Waals surface area contributed by atoms with Crippen LogP contribution in [0.5, 0.6) is 11.5 Å². The highest BCUT2D eigenvalue weighted by atomic mass is 16.7. The van der Waals surface area contributed by atoms with Crippen LogP contribution in [0.15, 0.2) is 18.2 Å². The zero-order valence-corrected chi connectivity index (χ0v) is 23.8. The highest BCUT2D eigenvalue weighted by Crippen LogP contribution is 2.35. The molecule has 0 radical (unpaired) electrons. The lowest BCUT2D eigenvalue weighted by Crippen LogP contribution is -2.38. The van der Waals surface area contributed by atoms with Crippen LogP contribution in [0.25, 0.3) is 0 Å². The fourth-order valence-electron chi connectivity index (χ4n) is 3.96. The van der Waals surface area contributed by atoms with Crippen LogP contribution in [-0.4, -0.2) is 53.7 Å². The summed E-state index contributed by atoms with van der Waals surface area (Å²) in [5.74, 6) is -2.82. The number of nitrogens with two attached hydrogens (primary N) is 1. The molecule has 4 unspecified atom stereocenters. The van der Waals surface area contributed by atoms with Gasteiger partial charge >= 0.3 is 24.2 Å². The molecule has 5 atom stereocenters. The first kappa shape index (κ1) is 33.7. The zero-order valence-electron chi connectivity index (χ0n) is 23.8. The van der Waals surface area contributed by atoms with Crippen LogP contribution in [0.1, 0.15) is 98.0 Å². The third-order valence-corrected chi connectivity index (χ3v) is 5.86. The summed E-state index contributed by atoms with van der Waals surface area (Å²) in [6.07, 6.45) is 0.303. The van der Waals surface area contributed by atoms with E-state index in [0.717, 1.165) is 12.8 Å². The summed E-state index contributed by atoms with van der Waals surface area (Å²) in [6, 6.07) is 2.85. The summed E-state index contributed by atoms with van der Waals surface area (Å²) in [6.45, 7) is 10.8. The number of hydrogen-bond donors (Lipinski definition) is 2. The summed E-state index contributed by atoms with van der Waals surface area (Å²) in [7, 11) is 0. The van der Waals surface area contributed by atoms with Crippen LogP contribution in [0.4, 0.5) is 9.59 Å². The Bertz CT molecular complexity index is 950. The number of carbonyl (C=O) groups excluding carboxylic acids is 3. The minimum atomic E-state index is -1.37. The Morgan fingerprint density at radius 3 is 1.82 bits per heavy atom. The Morgan fingerprint density at radius 2 is 1.33 bits per heavy atom. The molecule has 0 saturated carbocycles. The van der Waals surface area contributed by atoms with Gasteiger partial charge in [0.1, 0.15) is 18.2 Å². The second-order valence-electron chi connectivity index (χ2n) is 9.60. The molecule has 0 aliphatic heterocycles.